The topological polar surface area (TPSA) is 66.9 Å². The zero-order chi connectivity index (χ0) is 22.6. The van der Waals surface area contributed by atoms with Crippen molar-refractivity contribution in [3.8, 4) is 0 Å². The number of hydrogen-bond acceptors (Lipinski definition) is 5. The number of nitrogens with zero attached hydrogens (tertiary/aromatic N) is 2. The first kappa shape index (κ1) is 22.6. The largest absolute Gasteiger partial charge is 0.379 e. The smallest absolute Gasteiger partial charge is 0.243 e. The molecule has 3 aromatic rings. The lowest BCUT2D eigenvalue weighted by atomic mass is 10.0. The first-order valence-corrected chi connectivity index (χ1v) is 12.3. The predicted octanol–water partition coefficient (Wildman–Crippen LogP) is 3.57. The van der Waals surface area contributed by atoms with Gasteiger partial charge in [0.1, 0.15) is 0 Å². The monoisotopic (exact) mass is 452 g/mol. The van der Waals surface area contributed by atoms with Gasteiger partial charge in [0.25, 0.3) is 0 Å². The van der Waals surface area contributed by atoms with Crippen LogP contribution in [0.4, 0.5) is 0 Å². The number of carbonyl (C=O) groups excluding carboxylic acids is 1. The van der Waals surface area contributed by atoms with Crippen LogP contribution in [0.1, 0.15) is 22.8 Å². The van der Waals surface area contributed by atoms with Crippen molar-refractivity contribution in [2.24, 2.45) is 0 Å². The first-order valence-electron chi connectivity index (χ1n) is 10.8. The van der Waals surface area contributed by atoms with Gasteiger partial charge < -0.3 is 4.74 Å². The van der Waals surface area contributed by atoms with Crippen LogP contribution in [-0.2, 0) is 21.3 Å². The second-order valence-corrected chi connectivity index (χ2v) is 9.95. The van der Waals surface area contributed by atoms with Crippen molar-refractivity contribution in [3.63, 3.8) is 0 Å². The van der Waals surface area contributed by atoms with Crippen LogP contribution in [0.3, 0.4) is 0 Å². The molecule has 0 N–H and O–H groups in total. The normalized spacial score (nSPS) is 15.3. The molecule has 0 atom stereocenters. The molecular formula is C25H28N2O4S. The zero-order valence-corrected chi connectivity index (χ0v) is 19.1. The molecule has 0 bridgehead atoms. The fourth-order valence-electron chi connectivity index (χ4n) is 3.99. The summed E-state index contributed by atoms with van der Waals surface area (Å²) in [6.07, 6.45) is 0. The molecule has 0 spiro atoms. The Morgan fingerprint density at radius 3 is 2.38 bits per heavy atom. The number of carbonyl (C=O) groups is 1. The summed E-state index contributed by atoms with van der Waals surface area (Å²) in [4.78, 5) is 14.0. The Morgan fingerprint density at radius 2 is 1.66 bits per heavy atom. The molecule has 4 rings (SSSR count). The molecule has 0 amide bonds. The van der Waals surface area contributed by atoms with Crippen molar-refractivity contribution in [2.75, 3.05) is 39.4 Å². The summed E-state index contributed by atoms with van der Waals surface area (Å²) in [6, 6.07) is 20.2. The standard InChI is InChI=1S/C25H28N2O4S/c1-20(28)21-9-11-24(12-10-21)32(29,30)27(14-13-26-15-17-31-18-16-26)19-23-7-4-6-22-5-2-3-8-25(22)23/h2-12H,13-19H2,1H3. The summed E-state index contributed by atoms with van der Waals surface area (Å²) in [5.41, 5.74) is 1.46. The molecule has 0 radical (unpaired) electrons. The van der Waals surface area contributed by atoms with E-state index in [4.69, 9.17) is 4.74 Å². The number of fused-ring (bicyclic) bond motifs is 1. The maximum absolute atomic E-state index is 13.6. The Kier molecular flexibility index (Phi) is 7.01. The summed E-state index contributed by atoms with van der Waals surface area (Å²) in [5, 5.41) is 2.13. The minimum absolute atomic E-state index is 0.0890. The van der Waals surface area contributed by atoms with E-state index >= 15 is 0 Å². The molecule has 6 nitrogen and oxygen atoms in total. The Labute approximate surface area is 189 Å². The van der Waals surface area contributed by atoms with Crippen molar-refractivity contribution in [2.45, 2.75) is 18.4 Å². The van der Waals surface area contributed by atoms with Gasteiger partial charge in [-0.3, -0.25) is 9.69 Å². The van der Waals surface area contributed by atoms with Crippen molar-refractivity contribution >= 4 is 26.6 Å². The molecular weight excluding hydrogens is 424 g/mol. The fraction of sp³-hybridized carbons (Fsp3) is 0.320. The average Bonchev–Trinajstić information content (AvgIpc) is 2.82. The molecule has 32 heavy (non-hydrogen) atoms. The summed E-state index contributed by atoms with van der Waals surface area (Å²) in [6.45, 7) is 5.70. The van der Waals surface area contributed by atoms with Crippen LogP contribution in [0.5, 0.6) is 0 Å². The van der Waals surface area contributed by atoms with Crippen LogP contribution in [0, 0.1) is 0 Å². The van der Waals surface area contributed by atoms with E-state index in [1.807, 2.05) is 42.5 Å². The zero-order valence-electron chi connectivity index (χ0n) is 18.2. The molecule has 1 heterocycles. The van der Waals surface area contributed by atoms with Gasteiger partial charge in [0, 0.05) is 38.3 Å². The molecule has 1 aliphatic rings. The molecule has 3 aromatic carbocycles. The number of hydrogen-bond donors (Lipinski definition) is 0. The van der Waals surface area contributed by atoms with E-state index in [-0.39, 0.29) is 17.2 Å². The number of morpholine rings is 1. The van der Waals surface area contributed by atoms with Crippen LogP contribution in [0.15, 0.2) is 71.6 Å². The number of benzene rings is 3. The van der Waals surface area contributed by atoms with E-state index in [2.05, 4.69) is 4.90 Å². The molecule has 0 unspecified atom stereocenters. The van der Waals surface area contributed by atoms with Crippen LogP contribution in [-0.4, -0.2) is 62.8 Å². The van der Waals surface area contributed by atoms with E-state index in [1.54, 1.807) is 16.4 Å². The minimum atomic E-state index is -3.75. The van der Waals surface area contributed by atoms with E-state index in [1.165, 1.54) is 19.1 Å². The lowest BCUT2D eigenvalue weighted by Gasteiger charge is -2.30. The highest BCUT2D eigenvalue weighted by atomic mass is 32.2. The van der Waals surface area contributed by atoms with Gasteiger partial charge in [0.2, 0.25) is 10.0 Å². The van der Waals surface area contributed by atoms with Gasteiger partial charge in [-0.1, -0.05) is 54.6 Å². The number of ether oxygens (including phenoxy) is 1. The highest BCUT2D eigenvalue weighted by molar-refractivity contribution is 7.89. The number of sulfonamides is 1. The molecule has 168 valence electrons. The predicted molar refractivity (Wildman–Crippen MR) is 125 cm³/mol. The number of Topliss-reactive ketones (excluding diaryl/α,β-unsaturated/α-hetero) is 1. The maximum Gasteiger partial charge on any atom is 0.243 e. The van der Waals surface area contributed by atoms with E-state index in [0.717, 1.165) is 29.4 Å². The Bertz CT molecular complexity index is 1180. The third-order valence-electron chi connectivity index (χ3n) is 5.89. The number of ketones is 1. The van der Waals surface area contributed by atoms with Crippen LogP contribution in [0.25, 0.3) is 10.8 Å². The van der Waals surface area contributed by atoms with Gasteiger partial charge >= 0.3 is 0 Å². The fourth-order valence-corrected chi connectivity index (χ4v) is 5.40. The van der Waals surface area contributed by atoms with Gasteiger partial charge in [0.15, 0.2) is 5.78 Å². The van der Waals surface area contributed by atoms with Crippen molar-refractivity contribution in [1.82, 2.24) is 9.21 Å². The van der Waals surface area contributed by atoms with Crippen molar-refractivity contribution in [1.29, 1.82) is 0 Å². The van der Waals surface area contributed by atoms with E-state index in [0.29, 0.717) is 31.9 Å². The second kappa shape index (κ2) is 9.92. The molecule has 0 aromatic heterocycles. The number of rotatable bonds is 8. The summed E-state index contributed by atoms with van der Waals surface area (Å²) < 4.78 is 34.2. The summed E-state index contributed by atoms with van der Waals surface area (Å²) >= 11 is 0. The van der Waals surface area contributed by atoms with Gasteiger partial charge in [0.05, 0.1) is 18.1 Å². The Balaban J connectivity index is 1.65. The second-order valence-electron chi connectivity index (χ2n) is 8.01. The lowest BCUT2D eigenvalue weighted by Crippen LogP contribution is -2.42. The SMILES string of the molecule is CC(=O)c1ccc(S(=O)(=O)N(CCN2CCOCC2)Cc2cccc3ccccc23)cc1. The lowest BCUT2D eigenvalue weighted by molar-refractivity contribution is 0.0361. The highest BCUT2D eigenvalue weighted by Gasteiger charge is 2.26. The minimum Gasteiger partial charge on any atom is -0.379 e. The third-order valence-corrected chi connectivity index (χ3v) is 7.75. The van der Waals surface area contributed by atoms with Crippen LogP contribution >= 0.6 is 0 Å². The van der Waals surface area contributed by atoms with E-state index < -0.39 is 10.0 Å². The van der Waals surface area contributed by atoms with Crippen LogP contribution in [0.2, 0.25) is 0 Å². The molecule has 1 aliphatic heterocycles. The summed E-state index contributed by atoms with van der Waals surface area (Å²) in [5.74, 6) is -0.0890. The van der Waals surface area contributed by atoms with Gasteiger partial charge in [-0.15, -0.1) is 0 Å². The quantitative estimate of drug-likeness (QED) is 0.489. The van der Waals surface area contributed by atoms with Crippen LogP contribution < -0.4 is 0 Å². The highest BCUT2D eigenvalue weighted by Crippen LogP contribution is 2.24. The van der Waals surface area contributed by atoms with E-state index in [9.17, 15) is 13.2 Å². The van der Waals surface area contributed by atoms with Gasteiger partial charge in [-0.2, -0.15) is 4.31 Å². The van der Waals surface area contributed by atoms with Gasteiger partial charge in [-0.05, 0) is 35.4 Å². The molecule has 1 fully saturated rings. The summed E-state index contributed by atoms with van der Waals surface area (Å²) in [7, 11) is -3.75. The average molecular weight is 453 g/mol. The Hall–Kier alpha value is -2.58. The molecule has 0 saturated carbocycles. The molecule has 0 aliphatic carbocycles. The van der Waals surface area contributed by atoms with Crippen molar-refractivity contribution < 1.29 is 17.9 Å². The maximum atomic E-state index is 13.6. The third kappa shape index (κ3) is 5.07. The van der Waals surface area contributed by atoms with Gasteiger partial charge in [-0.25, -0.2) is 8.42 Å². The Morgan fingerprint density at radius 1 is 0.969 bits per heavy atom. The molecule has 7 heteroatoms. The molecule has 1 saturated heterocycles. The first-order chi connectivity index (χ1) is 15.4. The van der Waals surface area contributed by atoms with Crippen molar-refractivity contribution in [3.05, 3.63) is 77.9 Å².